The molecule has 0 unspecified atom stereocenters. The molecule has 0 saturated heterocycles. The van der Waals surface area contributed by atoms with Crippen molar-refractivity contribution < 1.29 is 13.5 Å². The minimum absolute atomic E-state index is 0.0239. The van der Waals surface area contributed by atoms with Gasteiger partial charge in [0.2, 0.25) is 0 Å². The van der Waals surface area contributed by atoms with Gasteiger partial charge in [0, 0.05) is 5.92 Å². The molecule has 194 valence electrons. The zero-order valence-electron chi connectivity index (χ0n) is 22.0. The fraction of sp³-hybridized carbons (Fsp3) is 0.710. The summed E-state index contributed by atoms with van der Waals surface area (Å²) in [7, 11) is 0. The van der Waals surface area contributed by atoms with Crippen LogP contribution in [0.1, 0.15) is 122 Å². The molecule has 0 atom stereocenters. The second kappa shape index (κ2) is 12.9. The van der Waals surface area contributed by atoms with Crippen molar-refractivity contribution in [3.63, 3.8) is 0 Å². The first-order valence-electron chi connectivity index (χ1n) is 14.5. The Hall–Kier alpha value is -1.84. The van der Waals surface area contributed by atoms with Crippen molar-refractivity contribution in [2.45, 2.75) is 116 Å². The maximum atomic E-state index is 15.1. The van der Waals surface area contributed by atoms with Gasteiger partial charge in [0.1, 0.15) is 11.1 Å². The summed E-state index contributed by atoms with van der Waals surface area (Å²) in [5, 5.41) is 0.649. The molecule has 2 fully saturated rings. The number of benzene rings is 1. The Morgan fingerprint density at radius 1 is 0.886 bits per heavy atom. The average Bonchev–Trinajstić information content (AvgIpc) is 2.87. The van der Waals surface area contributed by atoms with E-state index in [1.165, 1.54) is 70.6 Å². The highest BCUT2D eigenvalue weighted by Gasteiger charge is 2.31. The number of fused-ring (bicyclic) bond motifs is 1. The van der Waals surface area contributed by atoms with E-state index < -0.39 is 11.4 Å². The number of hydrogen-bond donors (Lipinski definition) is 0. The maximum Gasteiger partial charge on any atom is 0.346 e. The van der Waals surface area contributed by atoms with Gasteiger partial charge in [0.05, 0.1) is 6.61 Å². The van der Waals surface area contributed by atoms with E-state index in [1.54, 1.807) is 6.07 Å². The van der Waals surface area contributed by atoms with Gasteiger partial charge in [-0.15, -0.1) is 0 Å². The van der Waals surface area contributed by atoms with E-state index in [-0.39, 0.29) is 17.1 Å². The molecule has 35 heavy (non-hydrogen) atoms. The van der Waals surface area contributed by atoms with E-state index in [4.69, 9.17) is 9.15 Å². The van der Waals surface area contributed by atoms with Crippen molar-refractivity contribution >= 4 is 10.8 Å². The lowest BCUT2D eigenvalue weighted by atomic mass is 9.69. The molecule has 0 bridgehead atoms. The highest BCUT2D eigenvalue weighted by Crippen LogP contribution is 2.44. The summed E-state index contributed by atoms with van der Waals surface area (Å²) in [4.78, 5) is 12.8. The molecule has 0 aliphatic heterocycles. The van der Waals surface area contributed by atoms with Crippen molar-refractivity contribution in [3.8, 4) is 5.75 Å². The van der Waals surface area contributed by atoms with Gasteiger partial charge in [-0.2, -0.15) is 0 Å². The van der Waals surface area contributed by atoms with Crippen LogP contribution < -0.4 is 10.4 Å². The summed E-state index contributed by atoms with van der Waals surface area (Å²) in [5.74, 6) is 3.16. The van der Waals surface area contributed by atoms with Gasteiger partial charge in [-0.05, 0) is 80.2 Å². The minimum atomic E-state index is -0.582. The van der Waals surface area contributed by atoms with Gasteiger partial charge in [-0.25, -0.2) is 9.18 Å². The highest BCUT2D eigenvalue weighted by atomic mass is 19.1. The number of rotatable bonds is 11. The maximum absolute atomic E-state index is 15.1. The number of unbranched alkanes of at least 4 members (excludes halogenated alkanes) is 6. The molecule has 2 saturated carbocycles. The molecule has 0 radical (unpaired) electrons. The summed E-state index contributed by atoms with van der Waals surface area (Å²) >= 11 is 0. The van der Waals surface area contributed by atoms with Gasteiger partial charge < -0.3 is 9.15 Å². The van der Waals surface area contributed by atoms with Crippen LogP contribution in [0.25, 0.3) is 10.8 Å². The molecule has 4 rings (SSSR count). The molecule has 0 amide bonds. The average molecular weight is 485 g/mol. The Labute approximate surface area is 210 Å². The fourth-order valence-corrected chi connectivity index (χ4v) is 6.43. The molecule has 4 heteroatoms. The predicted molar refractivity (Wildman–Crippen MR) is 142 cm³/mol. The van der Waals surface area contributed by atoms with Crippen LogP contribution in [0.2, 0.25) is 0 Å². The van der Waals surface area contributed by atoms with E-state index in [1.807, 2.05) is 12.1 Å². The molecule has 0 N–H and O–H groups in total. The quantitative estimate of drug-likeness (QED) is 0.298. The van der Waals surface area contributed by atoms with Gasteiger partial charge in [-0.1, -0.05) is 71.3 Å². The van der Waals surface area contributed by atoms with Crippen LogP contribution in [-0.4, -0.2) is 6.61 Å². The van der Waals surface area contributed by atoms with Crippen LogP contribution >= 0.6 is 0 Å². The third kappa shape index (κ3) is 6.89. The zero-order chi connectivity index (χ0) is 24.6. The van der Waals surface area contributed by atoms with Crippen molar-refractivity contribution in [2.24, 2.45) is 17.8 Å². The first-order valence-corrected chi connectivity index (χ1v) is 14.5. The van der Waals surface area contributed by atoms with Crippen LogP contribution in [0.4, 0.5) is 4.39 Å². The van der Waals surface area contributed by atoms with Gasteiger partial charge in [-0.3, -0.25) is 0 Å². The molecule has 1 heterocycles. The molecular formula is C31H45FO3. The third-order valence-electron chi connectivity index (χ3n) is 8.76. The molecular weight excluding hydrogens is 439 g/mol. The fourth-order valence-electron chi connectivity index (χ4n) is 6.43. The van der Waals surface area contributed by atoms with Crippen LogP contribution in [-0.2, 0) is 0 Å². The van der Waals surface area contributed by atoms with E-state index in [2.05, 4.69) is 13.8 Å². The monoisotopic (exact) mass is 484 g/mol. The molecule has 1 aromatic heterocycles. The van der Waals surface area contributed by atoms with Gasteiger partial charge in [0.15, 0.2) is 11.6 Å². The molecule has 3 nitrogen and oxygen atoms in total. The van der Waals surface area contributed by atoms with Gasteiger partial charge in [0.25, 0.3) is 0 Å². The van der Waals surface area contributed by atoms with Gasteiger partial charge >= 0.3 is 5.63 Å². The first kappa shape index (κ1) is 26.2. The molecule has 0 spiro atoms. The second-order valence-corrected chi connectivity index (χ2v) is 11.4. The van der Waals surface area contributed by atoms with Crippen molar-refractivity contribution in [1.82, 2.24) is 0 Å². The van der Waals surface area contributed by atoms with Crippen LogP contribution in [0.3, 0.4) is 0 Å². The zero-order valence-corrected chi connectivity index (χ0v) is 22.0. The molecule has 2 aliphatic rings. The SMILES string of the molecule is CCCCCCCCCOc1ccc2cc(C3CCC(C4CCC(C)CC4)CC3)oc(=O)c2c1F. The normalized spacial score (nSPS) is 25.1. The molecule has 2 aromatic rings. The number of hydrogen-bond acceptors (Lipinski definition) is 3. The Bertz CT molecular complexity index is 981. The lowest BCUT2D eigenvalue weighted by molar-refractivity contribution is 0.160. The van der Waals surface area contributed by atoms with Crippen LogP contribution in [0.15, 0.2) is 27.4 Å². The van der Waals surface area contributed by atoms with Crippen LogP contribution in [0, 0.1) is 23.6 Å². The Morgan fingerprint density at radius 3 is 2.20 bits per heavy atom. The van der Waals surface area contributed by atoms with E-state index >= 15 is 4.39 Å². The number of halogens is 1. The van der Waals surface area contributed by atoms with Crippen molar-refractivity contribution in [2.75, 3.05) is 6.61 Å². The minimum Gasteiger partial charge on any atom is -0.490 e. The summed E-state index contributed by atoms with van der Waals surface area (Å²) in [6.07, 6.45) is 18.3. The van der Waals surface area contributed by atoms with Crippen LogP contribution in [0.5, 0.6) is 5.75 Å². The van der Waals surface area contributed by atoms with E-state index in [0.717, 1.165) is 49.2 Å². The van der Waals surface area contributed by atoms with E-state index in [9.17, 15) is 4.79 Å². The summed E-state index contributed by atoms with van der Waals surface area (Å²) in [6, 6.07) is 5.38. The topological polar surface area (TPSA) is 39.4 Å². The van der Waals surface area contributed by atoms with E-state index in [0.29, 0.717) is 12.0 Å². The first-order chi connectivity index (χ1) is 17.1. The highest BCUT2D eigenvalue weighted by molar-refractivity contribution is 5.83. The smallest absolute Gasteiger partial charge is 0.346 e. The summed E-state index contributed by atoms with van der Waals surface area (Å²) in [5.41, 5.74) is -0.570. The summed E-state index contributed by atoms with van der Waals surface area (Å²) < 4.78 is 26.5. The number of ether oxygens (including phenoxy) is 1. The molecule has 2 aliphatic carbocycles. The lowest BCUT2D eigenvalue weighted by Gasteiger charge is -2.37. The third-order valence-corrected chi connectivity index (χ3v) is 8.76. The largest absolute Gasteiger partial charge is 0.490 e. The Kier molecular flexibility index (Phi) is 9.68. The Morgan fingerprint density at radius 2 is 1.51 bits per heavy atom. The lowest BCUT2D eigenvalue weighted by Crippen LogP contribution is -2.25. The standard InChI is InChI=1S/C31H45FO3/c1-3-4-5-6-7-8-9-20-34-27-19-18-26-21-28(35-31(33)29(26)30(27)32)25-16-14-24(15-17-25)23-12-10-22(2)11-13-23/h18-19,21-25H,3-17,20H2,1-2H3. The van der Waals surface area contributed by atoms with Crippen molar-refractivity contribution in [1.29, 1.82) is 0 Å². The van der Waals surface area contributed by atoms with Crippen molar-refractivity contribution in [3.05, 3.63) is 40.2 Å². The Balaban J connectivity index is 1.32. The summed E-state index contributed by atoms with van der Waals surface area (Å²) in [6.45, 7) is 5.07. The predicted octanol–water partition coefficient (Wildman–Crippen LogP) is 9.16. The second-order valence-electron chi connectivity index (χ2n) is 11.4. The molecule has 1 aromatic carbocycles.